The number of rotatable bonds is 5. The zero-order chi connectivity index (χ0) is 15.1. The molecule has 0 aromatic carbocycles. The molecule has 0 unspecified atom stereocenters. The molecule has 0 amide bonds. The highest BCUT2D eigenvalue weighted by Crippen LogP contribution is 2.41. The van der Waals surface area contributed by atoms with Gasteiger partial charge in [-0.2, -0.15) is 0 Å². The fourth-order valence-electron chi connectivity index (χ4n) is 2.48. The van der Waals surface area contributed by atoms with Crippen LogP contribution in [0, 0.1) is 11.8 Å². The molecule has 112 valence electrons. The number of hydrogen-bond donors (Lipinski definition) is 3. The Morgan fingerprint density at radius 3 is 2.50 bits per heavy atom. The maximum atomic E-state index is 12.0. The van der Waals surface area contributed by atoms with Crippen molar-refractivity contribution in [2.75, 3.05) is 11.1 Å². The fraction of sp³-hybridized carbons (Fsp3) is 0.714. The molecule has 0 radical (unpaired) electrons. The van der Waals surface area contributed by atoms with Crippen molar-refractivity contribution in [1.82, 2.24) is 9.55 Å². The minimum atomic E-state index is -0.448. The Labute approximate surface area is 118 Å². The Kier molecular flexibility index (Phi) is 3.67. The van der Waals surface area contributed by atoms with Crippen LogP contribution in [0.25, 0.3) is 0 Å². The third kappa shape index (κ3) is 2.89. The molecule has 6 nitrogen and oxygen atoms in total. The summed E-state index contributed by atoms with van der Waals surface area (Å²) in [6.07, 6.45) is 2.31. The van der Waals surface area contributed by atoms with E-state index in [0.29, 0.717) is 18.2 Å². The molecule has 1 aromatic heterocycles. The smallest absolute Gasteiger partial charge is 0.330 e. The summed E-state index contributed by atoms with van der Waals surface area (Å²) in [4.78, 5) is 26.2. The lowest BCUT2D eigenvalue weighted by molar-refractivity contribution is 0.487. The topological polar surface area (TPSA) is 92.9 Å². The summed E-state index contributed by atoms with van der Waals surface area (Å²) in [7, 11) is 0. The van der Waals surface area contributed by atoms with E-state index in [2.05, 4.69) is 24.1 Å². The van der Waals surface area contributed by atoms with Crippen LogP contribution in [0.1, 0.15) is 40.5 Å². The van der Waals surface area contributed by atoms with Gasteiger partial charge in [-0.05, 0) is 38.5 Å². The summed E-state index contributed by atoms with van der Waals surface area (Å²) in [5.74, 6) is 1.04. The van der Waals surface area contributed by atoms with E-state index in [1.807, 2.05) is 13.8 Å². The predicted octanol–water partition coefficient (Wildman–Crippen LogP) is 1.38. The molecular weight excluding hydrogens is 256 g/mol. The van der Waals surface area contributed by atoms with Crippen molar-refractivity contribution < 1.29 is 0 Å². The summed E-state index contributed by atoms with van der Waals surface area (Å²) in [5.41, 5.74) is 5.26. The molecule has 1 aliphatic rings. The lowest BCUT2D eigenvalue weighted by Crippen LogP contribution is -2.40. The minimum absolute atomic E-state index is 0.193. The van der Waals surface area contributed by atoms with Gasteiger partial charge in [0.2, 0.25) is 0 Å². The largest absolute Gasteiger partial charge is 0.383 e. The van der Waals surface area contributed by atoms with E-state index < -0.39 is 11.2 Å². The first-order chi connectivity index (χ1) is 9.22. The monoisotopic (exact) mass is 280 g/mol. The number of nitrogens with zero attached hydrogens (tertiary/aromatic N) is 1. The van der Waals surface area contributed by atoms with Gasteiger partial charge < -0.3 is 11.1 Å². The van der Waals surface area contributed by atoms with Gasteiger partial charge >= 0.3 is 5.69 Å². The lowest BCUT2D eigenvalue weighted by atomic mass is 9.98. The van der Waals surface area contributed by atoms with Crippen molar-refractivity contribution in [3.05, 3.63) is 20.8 Å². The average molecular weight is 280 g/mol. The van der Waals surface area contributed by atoms with E-state index in [-0.39, 0.29) is 17.3 Å². The SMILES string of the molecule is CC(C)Cn1c(N)c(NC(C)(C)C2CC2)c(=O)[nH]c1=O. The van der Waals surface area contributed by atoms with Gasteiger partial charge in [0, 0.05) is 12.1 Å². The van der Waals surface area contributed by atoms with E-state index in [1.165, 1.54) is 4.57 Å². The molecule has 1 saturated carbocycles. The molecule has 1 fully saturated rings. The second-order valence-corrected chi connectivity index (χ2v) is 6.64. The summed E-state index contributed by atoms with van der Waals surface area (Å²) < 4.78 is 1.43. The first kappa shape index (κ1) is 14.7. The molecule has 0 aliphatic heterocycles. The van der Waals surface area contributed by atoms with Crippen LogP contribution in [-0.4, -0.2) is 15.1 Å². The van der Waals surface area contributed by atoms with E-state index in [1.54, 1.807) is 0 Å². The molecule has 1 aliphatic carbocycles. The Hall–Kier alpha value is -1.72. The number of aromatic nitrogens is 2. The highest BCUT2D eigenvalue weighted by atomic mass is 16.2. The van der Waals surface area contributed by atoms with Crippen molar-refractivity contribution in [2.24, 2.45) is 11.8 Å². The van der Waals surface area contributed by atoms with Gasteiger partial charge in [-0.1, -0.05) is 13.8 Å². The fourth-order valence-corrected chi connectivity index (χ4v) is 2.48. The van der Waals surface area contributed by atoms with Crippen LogP contribution in [0.15, 0.2) is 9.59 Å². The van der Waals surface area contributed by atoms with E-state index >= 15 is 0 Å². The lowest BCUT2D eigenvalue weighted by Gasteiger charge is -2.28. The van der Waals surface area contributed by atoms with Crippen LogP contribution in [-0.2, 0) is 6.54 Å². The second-order valence-electron chi connectivity index (χ2n) is 6.64. The molecule has 4 N–H and O–H groups in total. The Morgan fingerprint density at radius 1 is 1.40 bits per heavy atom. The van der Waals surface area contributed by atoms with Gasteiger partial charge in [0.05, 0.1) is 0 Å². The van der Waals surface area contributed by atoms with Gasteiger partial charge in [-0.15, -0.1) is 0 Å². The van der Waals surface area contributed by atoms with E-state index in [4.69, 9.17) is 5.73 Å². The van der Waals surface area contributed by atoms with Gasteiger partial charge in [-0.3, -0.25) is 14.3 Å². The highest BCUT2D eigenvalue weighted by molar-refractivity contribution is 5.61. The maximum Gasteiger partial charge on any atom is 0.330 e. The number of nitrogen functional groups attached to an aromatic ring is 1. The molecule has 0 bridgehead atoms. The normalized spacial score (nSPS) is 15.7. The van der Waals surface area contributed by atoms with Gasteiger partial charge in [0.1, 0.15) is 11.5 Å². The second kappa shape index (κ2) is 5.00. The average Bonchev–Trinajstić information content (AvgIpc) is 3.14. The molecule has 6 heteroatoms. The third-order valence-electron chi connectivity index (χ3n) is 3.83. The Balaban J connectivity index is 2.42. The summed E-state index contributed by atoms with van der Waals surface area (Å²) in [5, 5.41) is 3.23. The van der Waals surface area contributed by atoms with Gasteiger partial charge in [0.15, 0.2) is 0 Å². The van der Waals surface area contributed by atoms with Crippen molar-refractivity contribution in [1.29, 1.82) is 0 Å². The number of anilines is 2. The zero-order valence-electron chi connectivity index (χ0n) is 12.6. The van der Waals surface area contributed by atoms with Crippen molar-refractivity contribution in [2.45, 2.75) is 52.6 Å². The van der Waals surface area contributed by atoms with Crippen LogP contribution < -0.4 is 22.3 Å². The van der Waals surface area contributed by atoms with Gasteiger partial charge in [-0.25, -0.2) is 4.79 Å². The number of nitrogens with one attached hydrogen (secondary N) is 2. The molecular formula is C14H24N4O2. The first-order valence-corrected chi connectivity index (χ1v) is 7.13. The molecule has 0 atom stereocenters. The molecule has 0 saturated heterocycles. The van der Waals surface area contributed by atoms with Crippen LogP contribution in [0.3, 0.4) is 0 Å². The molecule has 0 spiro atoms. The number of H-pyrrole nitrogens is 1. The zero-order valence-corrected chi connectivity index (χ0v) is 12.6. The van der Waals surface area contributed by atoms with Crippen molar-refractivity contribution >= 4 is 11.5 Å². The number of hydrogen-bond acceptors (Lipinski definition) is 4. The van der Waals surface area contributed by atoms with Gasteiger partial charge in [0.25, 0.3) is 5.56 Å². The summed E-state index contributed by atoms with van der Waals surface area (Å²) >= 11 is 0. The van der Waals surface area contributed by atoms with Crippen molar-refractivity contribution in [3.63, 3.8) is 0 Å². The molecule has 2 rings (SSSR count). The standard InChI is InChI=1S/C14H24N4O2/c1-8(2)7-18-11(15)10(12(19)16-13(18)20)17-14(3,4)9-5-6-9/h8-9,17H,5-7,15H2,1-4H3,(H,16,19,20). The number of nitrogens with two attached hydrogens (primary N) is 1. The minimum Gasteiger partial charge on any atom is -0.383 e. The quantitative estimate of drug-likeness (QED) is 0.759. The number of aromatic amines is 1. The van der Waals surface area contributed by atoms with Crippen LogP contribution >= 0.6 is 0 Å². The Bertz CT molecular complexity index is 609. The highest BCUT2D eigenvalue weighted by Gasteiger charge is 2.38. The first-order valence-electron chi connectivity index (χ1n) is 7.13. The Morgan fingerprint density at radius 2 is 2.00 bits per heavy atom. The third-order valence-corrected chi connectivity index (χ3v) is 3.83. The molecule has 1 heterocycles. The van der Waals surface area contributed by atoms with Crippen molar-refractivity contribution in [3.8, 4) is 0 Å². The molecule has 1 aromatic rings. The van der Waals surface area contributed by atoms with E-state index in [0.717, 1.165) is 12.8 Å². The van der Waals surface area contributed by atoms with Crippen LogP contribution in [0.2, 0.25) is 0 Å². The summed E-state index contributed by atoms with van der Waals surface area (Å²) in [6, 6.07) is 0. The molecule has 20 heavy (non-hydrogen) atoms. The van der Waals surface area contributed by atoms with E-state index in [9.17, 15) is 9.59 Å². The van der Waals surface area contributed by atoms with Crippen LogP contribution in [0.4, 0.5) is 11.5 Å². The summed E-state index contributed by atoms with van der Waals surface area (Å²) in [6.45, 7) is 8.60. The maximum absolute atomic E-state index is 12.0. The predicted molar refractivity (Wildman–Crippen MR) is 81.0 cm³/mol. The van der Waals surface area contributed by atoms with Crippen LogP contribution in [0.5, 0.6) is 0 Å².